The standard InChI is InChI=1S/C12H7ClFN3O/c13-10-5-6-17-11(10)12(18)16(7-15-17)9-3-1-8(14)2-4-9/h1-7H. The minimum atomic E-state index is -0.360. The van der Waals surface area contributed by atoms with Crippen molar-refractivity contribution in [2.45, 2.75) is 0 Å². The van der Waals surface area contributed by atoms with E-state index >= 15 is 0 Å². The highest BCUT2D eigenvalue weighted by atomic mass is 35.5. The molecule has 0 N–H and O–H groups in total. The van der Waals surface area contributed by atoms with Crippen molar-refractivity contribution in [1.82, 2.24) is 14.2 Å². The van der Waals surface area contributed by atoms with Gasteiger partial charge in [0.2, 0.25) is 0 Å². The van der Waals surface area contributed by atoms with Crippen LogP contribution in [0.5, 0.6) is 0 Å². The summed E-state index contributed by atoms with van der Waals surface area (Å²) in [6.07, 6.45) is 2.98. The lowest BCUT2D eigenvalue weighted by Crippen LogP contribution is -2.21. The van der Waals surface area contributed by atoms with E-state index in [0.717, 1.165) is 0 Å². The third kappa shape index (κ3) is 1.60. The molecule has 0 unspecified atom stereocenters. The van der Waals surface area contributed by atoms with Gasteiger partial charge in [-0.1, -0.05) is 11.6 Å². The summed E-state index contributed by atoms with van der Waals surface area (Å²) in [6.45, 7) is 0. The molecule has 4 nitrogen and oxygen atoms in total. The Bertz CT molecular complexity index is 776. The van der Waals surface area contributed by atoms with Gasteiger partial charge in [-0.15, -0.1) is 0 Å². The molecule has 2 aromatic heterocycles. The first-order valence-electron chi connectivity index (χ1n) is 5.17. The molecule has 0 aliphatic rings. The fraction of sp³-hybridized carbons (Fsp3) is 0. The first kappa shape index (κ1) is 11.0. The fourth-order valence-electron chi connectivity index (χ4n) is 1.75. The highest BCUT2D eigenvalue weighted by Gasteiger charge is 2.09. The van der Waals surface area contributed by atoms with Gasteiger partial charge >= 0.3 is 0 Å². The van der Waals surface area contributed by atoms with Crippen molar-refractivity contribution >= 4 is 17.1 Å². The normalized spacial score (nSPS) is 11.0. The molecule has 0 bridgehead atoms. The summed E-state index contributed by atoms with van der Waals surface area (Å²) >= 11 is 5.93. The van der Waals surface area contributed by atoms with Gasteiger partial charge in [-0.3, -0.25) is 9.36 Å². The maximum atomic E-state index is 12.8. The lowest BCUT2D eigenvalue weighted by atomic mass is 10.3. The Labute approximate surface area is 106 Å². The monoisotopic (exact) mass is 263 g/mol. The number of benzene rings is 1. The average molecular weight is 264 g/mol. The van der Waals surface area contributed by atoms with E-state index < -0.39 is 0 Å². The van der Waals surface area contributed by atoms with Gasteiger partial charge in [0.05, 0.1) is 10.7 Å². The Morgan fingerprint density at radius 2 is 1.89 bits per heavy atom. The molecule has 6 heteroatoms. The molecule has 0 amide bonds. The molecule has 3 aromatic rings. The third-order valence-electron chi connectivity index (χ3n) is 2.64. The highest BCUT2D eigenvalue weighted by Crippen LogP contribution is 2.14. The van der Waals surface area contributed by atoms with Gasteiger partial charge in [0, 0.05) is 6.20 Å². The lowest BCUT2D eigenvalue weighted by molar-refractivity contribution is 0.627. The van der Waals surface area contributed by atoms with Crippen LogP contribution in [0.2, 0.25) is 5.02 Å². The number of nitrogens with zero attached hydrogens (tertiary/aromatic N) is 3. The smallest absolute Gasteiger partial charge is 0.266 e. The van der Waals surface area contributed by atoms with Crippen LogP contribution in [0.1, 0.15) is 0 Å². The zero-order valence-corrected chi connectivity index (χ0v) is 9.80. The van der Waals surface area contributed by atoms with Gasteiger partial charge in [0.1, 0.15) is 17.7 Å². The molecule has 0 fully saturated rings. The van der Waals surface area contributed by atoms with Gasteiger partial charge < -0.3 is 0 Å². The van der Waals surface area contributed by atoms with E-state index in [9.17, 15) is 9.18 Å². The first-order chi connectivity index (χ1) is 8.66. The number of aromatic nitrogens is 3. The summed E-state index contributed by atoms with van der Waals surface area (Å²) in [6, 6.07) is 7.18. The van der Waals surface area contributed by atoms with Gasteiger partial charge in [-0.2, -0.15) is 5.10 Å². The Hall–Kier alpha value is -2.14. The van der Waals surface area contributed by atoms with E-state index in [1.54, 1.807) is 12.3 Å². The second-order valence-corrected chi connectivity index (χ2v) is 4.15. The molecule has 0 radical (unpaired) electrons. The zero-order chi connectivity index (χ0) is 12.7. The van der Waals surface area contributed by atoms with Crippen molar-refractivity contribution in [3.8, 4) is 5.69 Å². The highest BCUT2D eigenvalue weighted by molar-refractivity contribution is 6.33. The Morgan fingerprint density at radius 1 is 1.17 bits per heavy atom. The van der Waals surface area contributed by atoms with Crippen LogP contribution >= 0.6 is 11.6 Å². The number of rotatable bonds is 1. The number of fused-ring (bicyclic) bond motifs is 1. The fourth-order valence-corrected chi connectivity index (χ4v) is 1.98. The second-order valence-electron chi connectivity index (χ2n) is 3.74. The van der Waals surface area contributed by atoms with E-state index in [1.807, 2.05) is 0 Å². The predicted octanol–water partition coefficient (Wildman–Crippen LogP) is 2.28. The summed E-state index contributed by atoms with van der Waals surface area (Å²) in [5.41, 5.74) is 0.531. The summed E-state index contributed by atoms with van der Waals surface area (Å²) in [4.78, 5) is 12.2. The molecule has 0 saturated carbocycles. The minimum Gasteiger partial charge on any atom is -0.266 e. The lowest BCUT2D eigenvalue weighted by Gasteiger charge is -2.05. The summed E-state index contributed by atoms with van der Waals surface area (Å²) in [5, 5.41) is 4.40. The molecule has 18 heavy (non-hydrogen) atoms. The van der Waals surface area contributed by atoms with Crippen LogP contribution in [-0.4, -0.2) is 14.2 Å². The zero-order valence-electron chi connectivity index (χ0n) is 9.05. The van der Waals surface area contributed by atoms with E-state index in [1.165, 1.54) is 39.7 Å². The molecule has 0 aliphatic carbocycles. The number of halogens is 2. The Kier molecular flexibility index (Phi) is 2.41. The second kappa shape index (κ2) is 3.96. The summed E-state index contributed by atoms with van der Waals surface area (Å²) in [7, 11) is 0. The molecule has 2 heterocycles. The predicted molar refractivity (Wildman–Crippen MR) is 65.8 cm³/mol. The van der Waals surface area contributed by atoms with Gasteiger partial charge in [-0.25, -0.2) is 8.91 Å². The van der Waals surface area contributed by atoms with Crippen molar-refractivity contribution in [3.05, 3.63) is 64.0 Å². The Balaban J connectivity index is 2.30. The molecule has 0 atom stereocenters. The average Bonchev–Trinajstić information content (AvgIpc) is 2.74. The number of hydrogen-bond donors (Lipinski definition) is 0. The van der Waals surface area contributed by atoms with Crippen molar-refractivity contribution in [2.24, 2.45) is 0 Å². The van der Waals surface area contributed by atoms with Crippen molar-refractivity contribution in [1.29, 1.82) is 0 Å². The van der Waals surface area contributed by atoms with Crippen LogP contribution in [-0.2, 0) is 0 Å². The van der Waals surface area contributed by atoms with Crippen LogP contribution in [0.4, 0.5) is 4.39 Å². The summed E-state index contributed by atoms with van der Waals surface area (Å²) < 4.78 is 15.6. The first-order valence-corrected chi connectivity index (χ1v) is 5.55. The minimum absolute atomic E-state index is 0.295. The topological polar surface area (TPSA) is 39.3 Å². The summed E-state index contributed by atoms with van der Waals surface area (Å²) in [5.74, 6) is -0.360. The van der Waals surface area contributed by atoms with E-state index in [4.69, 9.17) is 11.6 Å². The van der Waals surface area contributed by atoms with E-state index in [-0.39, 0.29) is 11.4 Å². The Morgan fingerprint density at radius 3 is 2.61 bits per heavy atom. The van der Waals surface area contributed by atoms with Crippen LogP contribution in [0.25, 0.3) is 11.2 Å². The molecule has 0 saturated heterocycles. The molecule has 90 valence electrons. The van der Waals surface area contributed by atoms with Crippen LogP contribution < -0.4 is 5.56 Å². The quantitative estimate of drug-likeness (QED) is 0.676. The molecule has 3 rings (SSSR count). The van der Waals surface area contributed by atoms with Crippen LogP contribution in [0.3, 0.4) is 0 Å². The molecular weight excluding hydrogens is 257 g/mol. The molecule has 0 spiro atoms. The SMILES string of the molecule is O=c1c2c(Cl)ccn2ncn1-c1ccc(F)cc1. The van der Waals surface area contributed by atoms with E-state index in [2.05, 4.69) is 5.10 Å². The van der Waals surface area contributed by atoms with Gasteiger partial charge in [-0.05, 0) is 30.3 Å². The van der Waals surface area contributed by atoms with Crippen molar-refractivity contribution in [3.63, 3.8) is 0 Å². The third-order valence-corrected chi connectivity index (χ3v) is 2.94. The van der Waals surface area contributed by atoms with Crippen LogP contribution in [0.15, 0.2) is 47.7 Å². The molecule has 0 aliphatic heterocycles. The van der Waals surface area contributed by atoms with Crippen LogP contribution in [0, 0.1) is 5.82 Å². The van der Waals surface area contributed by atoms with Crippen molar-refractivity contribution in [2.75, 3.05) is 0 Å². The van der Waals surface area contributed by atoms with Crippen molar-refractivity contribution < 1.29 is 4.39 Å². The van der Waals surface area contributed by atoms with Gasteiger partial charge in [0.25, 0.3) is 5.56 Å². The largest absolute Gasteiger partial charge is 0.283 e. The maximum absolute atomic E-state index is 12.8. The molecular formula is C12H7ClFN3O. The maximum Gasteiger partial charge on any atom is 0.283 e. The number of hydrogen-bond acceptors (Lipinski definition) is 2. The van der Waals surface area contributed by atoms with E-state index in [0.29, 0.717) is 16.2 Å². The van der Waals surface area contributed by atoms with Gasteiger partial charge in [0.15, 0.2) is 0 Å². The molecule has 1 aromatic carbocycles.